The summed E-state index contributed by atoms with van der Waals surface area (Å²) in [6.07, 6.45) is 3.44. The van der Waals surface area contributed by atoms with Crippen molar-refractivity contribution in [2.24, 2.45) is 0 Å². The maximum absolute atomic E-state index is 10.8. The first-order chi connectivity index (χ1) is 7.65. The summed E-state index contributed by atoms with van der Waals surface area (Å²) in [6, 6.07) is 7.43. The van der Waals surface area contributed by atoms with Crippen molar-refractivity contribution in [2.45, 2.75) is 19.8 Å². The van der Waals surface area contributed by atoms with Gasteiger partial charge in [-0.05, 0) is 31.1 Å². The molecule has 1 unspecified atom stereocenters. The molecule has 0 heterocycles. The summed E-state index contributed by atoms with van der Waals surface area (Å²) in [4.78, 5) is 10.8. The average molecular weight is 220 g/mol. The third kappa shape index (κ3) is 3.42. The lowest BCUT2D eigenvalue weighted by Gasteiger charge is -2.06. The molecule has 3 heteroatoms. The predicted octanol–water partition coefficient (Wildman–Crippen LogP) is 2.88. The third-order valence-electron chi connectivity index (χ3n) is 2.30. The molecule has 1 aromatic rings. The van der Waals surface area contributed by atoms with Crippen molar-refractivity contribution in [1.82, 2.24) is 0 Å². The SMILES string of the molecule is CCO/C=C/c1cccc(C(C)C(=O)O)c1. The molecular weight excluding hydrogens is 204 g/mol. The Hall–Kier alpha value is -1.77. The van der Waals surface area contributed by atoms with Crippen LogP contribution in [0.15, 0.2) is 30.5 Å². The number of carboxylic acid groups (broad SMARTS) is 1. The van der Waals surface area contributed by atoms with Gasteiger partial charge in [-0.2, -0.15) is 0 Å². The molecule has 0 aliphatic carbocycles. The Kier molecular flexibility index (Phi) is 4.58. The van der Waals surface area contributed by atoms with E-state index in [4.69, 9.17) is 9.84 Å². The van der Waals surface area contributed by atoms with Crippen molar-refractivity contribution in [3.8, 4) is 0 Å². The molecule has 86 valence electrons. The van der Waals surface area contributed by atoms with E-state index >= 15 is 0 Å². The standard InChI is InChI=1S/C13H16O3/c1-3-16-8-7-11-5-4-6-12(9-11)10(2)13(14)15/h4-10H,3H2,1-2H3,(H,14,15)/b8-7+. The highest BCUT2D eigenvalue weighted by Crippen LogP contribution is 2.17. The van der Waals surface area contributed by atoms with Crippen LogP contribution in [0.25, 0.3) is 6.08 Å². The van der Waals surface area contributed by atoms with Crippen LogP contribution in [0.5, 0.6) is 0 Å². The molecule has 0 bridgehead atoms. The van der Waals surface area contributed by atoms with E-state index < -0.39 is 11.9 Å². The zero-order valence-corrected chi connectivity index (χ0v) is 9.51. The number of carbonyl (C=O) groups is 1. The fourth-order valence-corrected chi connectivity index (χ4v) is 1.30. The van der Waals surface area contributed by atoms with Crippen molar-refractivity contribution in [2.75, 3.05) is 6.61 Å². The van der Waals surface area contributed by atoms with Gasteiger partial charge in [-0.1, -0.05) is 24.3 Å². The van der Waals surface area contributed by atoms with E-state index in [1.165, 1.54) is 0 Å². The monoisotopic (exact) mass is 220 g/mol. The summed E-state index contributed by atoms with van der Waals surface area (Å²) in [5.41, 5.74) is 1.74. The van der Waals surface area contributed by atoms with Gasteiger partial charge in [0.15, 0.2) is 0 Å². The lowest BCUT2D eigenvalue weighted by Crippen LogP contribution is -2.07. The molecule has 0 radical (unpaired) electrons. The molecule has 0 aliphatic heterocycles. The zero-order chi connectivity index (χ0) is 12.0. The minimum atomic E-state index is -0.814. The number of ether oxygens (including phenoxy) is 1. The molecule has 1 atom stereocenters. The van der Waals surface area contributed by atoms with Gasteiger partial charge in [-0.25, -0.2) is 0 Å². The summed E-state index contributed by atoms with van der Waals surface area (Å²) < 4.78 is 5.09. The summed E-state index contributed by atoms with van der Waals surface area (Å²) in [5.74, 6) is -1.30. The van der Waals surface area contributed by atoms with E-state index in [1.807, 2.05) is 37.3 Å². The van der Waals surface area contributed by atoms with Crippen molar-refractivity contribution in [3.05, 3.63) is 41.7 Å². The normalized spacial score (nSPS) is 12.6. The first-order valence-electron chi connectivity index (χ1n) is 5.26. The highest BCUT2D eigenvalue weighted by atomic mass is 16.5. The van der Waals surface area contributed by atoms with Gasteiger partial charge in [-0.15, -0.1) is 0 Å². The van der Waals surface area contributed by atoms with Crippen LogP contribution in [0, 0.1) is 0 Å². The predicted molar refractivity (Wildman–Crippen MR) is 63.2 cm³/mol. The third-order valence-corrected chi connectivity index (χ3v) is 2.30. The molecule has 0 spiro atoms. The van der Waals surface area contributed by atoms with Gasteiger partial charge in [0, 0.05) is 0 Å². The van der Waals surface area contributed by atoms with E-state index in [0.29, 0.717) is 6.61 Å². The molecule has 3 nitrogen and oxygen atoms in total. The number of hydrogen-bond acceptors (Lipinski definition) is 2. The summed E-state index contributed by atoms with van der Waals surface area (Å²) in [7, 11) is 0. The maximum Gasteiger partial charge on any atom is 0.310 e. The second kappa shape index (κ2) is 5.95. The van der Waals surface area contributed by atoms with Crippen LogP contribution in [0.2, 0.25) is 0 Å². The number of hydrogen-bond donors (Lipinski definition) is 1. The highest BCUT2D eigenvalue weighted by molar-refractivity contribution is 5.75. The largest absolute Gasteiger partial charge is 0.501 e. The average Bonchev–Trinajstić information content (AvgIpc) is 2.29. The van der Waals surface area contributed by atoms with E-state index in [2.05, 4.69) is 0 Å². The zero-order valence-electron chi connectivity index (χ0n) is 9.51. The summed E-state index contributed by atoms with van der Waals surface area (Å²) in [5, 5.41) is 8.90. The molecular formula is C13H16O3. The smallest absolute Gasteiger partial charge is 0.310 e. The van der Waals surface area contributed by atoms with Gasteiger partial charge < -0.3 is 9.84 Å². The Labute approximate surface area is 95.4 Å². The van der Waals surface area contributed by atoms with Gasteiger partial charge in [0.1, 0.15) is 0 Å². The van der Waals surface area contributed by atoms with Gasteiger partial charge in [0.25, 0.3) is 0 Å². The minimum absolute atomic E-state index is 0.486. The van der Waals surface area contributed by atoms with Crippen LogP contribution in [-0.4, -0.2) is 17.7 Å². The number of rotatable bonds is 5. The van der Waals surface area contributed by atoms with Crippen molar-refractivity contribution >= 4 is 12.0 Å². The number of carboxylic acids is 1. The Morgan fingerprint density at radius 1 is 1.56 bits per heavy atom. The molecule has 0 aliphatic rings. The van der Waals surface area contributed by atoms with Crippen molar-refractivity contribution in [1.29, 1.82) is 0 Å². The number of benzene rings is 1. The summed E-state index contributed by atoms with van der Waals surface area (Å²) >= 11 is 0. The van der Waals surface area contributed by atoms with E-state index in [0.717, 1.165) is 11.1 Å². The van der Waals surface area contributed by atoms with E-state index in [-0.39, 0.29) is 0 Å². The fourth-order valence-electron chi connectivity index (χ4n) is 1.30. The second-order valence-electron chi connectivity index (χ2n) is 3.49. The van der Waals surface area contributed by atoms with Gasteiger partial charge >= 0.3 is 5.97 Å². The molecule has 0 aromatic heterocycles. The molecule has 1 rings (SSSR count). The van der Waals surface area contributed by atoms with Gasteiger partial charge in [-0.3, -0.25) is 4.79 Å². The van der Waals surface area contributed by atoms with Crippen molar-refractivity contribution in [3.63, 3.8) is 0 Å². The molecule has 0 saturated carbocycles. The minimum Gasteiger partial charge on any atom is -0.501 e. The molecule has 0 fully saturated rings. The van der Waals surface area contributed by atoms with Gasteiger partial charge in [0.2, 0.25) is 0 Å². The van der Waals surface area contributed by atoms with Crippen LogP contribution in [0.3, 0.4) is 0 Å². The van der Waals surface area contributed by atoms with Crippen LogP contribution in [0.1, 0.15) is 30.9 Å². The highest BCUT2D eigenvalue weighted by Gasteiger charge is 2.12. The van der Waals surface area contributed by atoms with Crippen molar-refractivity contribution < 1.29 is 14.6 Å². The molecule has 0 amide bonds. The lowest BCUT2D eigenvalue weighted by molar-refractivity contribution is -0.138. The summed E-state index contributed by atoms with van der Waals surface area (Å²) in [6.45, 7) is 4.21. The Morgan fingerprint density at radius 3 is 2.94 bits per heavy atom. The molecule has 1 aromatic carbocycles. The van der Waals surface area contributed by atoms with Crippen LogP contribution >= 0.6 is 0 Å². The Morgan fingerprint density at radius 2 is 2.31 bits per heavy atom. The van der Waals surface area contributed by atoms with Gasteiger partial charge in [0.05, 0.1) is 18.8 Å². The first-order valence-corrected chi connectivity index (χ1v) is 5.26. The van der Waals surface area contributed by atoms with E-state index in [1.54, 1.807) is 13.2 Å². The Bertz CT molecular complexity index is 383. The molecule has 16 heavy (non-hydrogen) atoms. The Balaban J connectivity index is 2.82. The molecule has 1 N–H and O–H groups in total. The quantitative estimate of drug-likeness (QED) is 0.776. The van der Waals surface area contributed by atoms with E-state index in [9.17, 15) is 4.79 Å². The van der Waals surface area contributed by atoms with Crippen LogP contribution in [0.4, 0.5) is 0 Å². The second-order valence-corrected chi connectivity index (χ2v) is 3.49. The molecule has 0 saturated heterocycles. The number of aliphatic carboxylic acids is 1. The van der Waals surface area contributed by atoms with Crippen LogP contribution < -0.4 is 0 Å². The topological polar surface area (TPSA) is 46.5 Å². The maximum atomic E-state index is 10.8. The first kappa shape index (κ1) is 12.3. The van der Waals surface area contributed by atoms with Crippen LogP contribution in [-0.2, 0) is 9.53 Å². The fraction of sp³-hybridized carbons (Fsp3) is 0.308. The lowest BCUT2D eigenvalue weighted by atomic mass is 9.99.